The third-order valence-corrected chi connectivity index (χ3v) is 5.52. The smallest absolute Gasteiger partial charge is 0.246 e. The van der Waals surface area contributed by atoms with Gasteiger partial charge < -0.3 is 9.88 Å². The molecule has 0 spiro atoms. The summed E-state index contributed by atoms with van der Waals surface area (Å²) in [6, 6.07) is 18.0. The zero-order valence-corrected chi connectivity index (χ0v) is 16.5. The van der Waals surface area contributed by atoms with E-state index in [0.29, 0.717) is 5.13 Å². The SMILES string of the molecule is Cc1sc(NC(=O)Cn2ccc3cc(Br)ccc32)nc1-c1ccccc1. The van der Waals surface area contributed by atoms with Crippen molar-refractivity contribution in [2.45, 2.75) is 13.5 Å². The number of aryl methyl sites for hydroxylation is 1. The third kappa shape index (κ3) is 3.43. The van der Waals surface area contributed by atoms with Crippen LogP contribution in [-0.4, -0.2) is 15.5 Å². The summed E-state index contributed by atoms with van der Waals surface area (Å²) in [5.74, 6) is -0.0845. The molecule has 1 N–H and O–H groups in total. The molecular weight excluding hydrogens is 410 g/mol. The quantitative estimate of drug-likeness (QED) is 0.470. The monoisotopic (exact) mass is 425 g/mol. The number of hydrogen-bond acceptors (Lipinski definition) is 3. The lowest BCUT2D eigenvalue weighted by Crippen LogP contribution is -2.18. The summed E-state index contributed by atoms with van der Waals surface area (Å²) in [6.45, 7) is 2.28. The van der Waals surface area contributed by atoms with E-state index < -0.39 is 0 Å². The zero-order chi connectivity index (χ0) is 18.1. The van der Waals surface area contributed by atoms with E-state index in [1.54, 1.807) is 0 Å². The molecule has 4 aromatic rings. The van der Waals surface area contributed by atoms with Crippen LogP contribution in [0.25, 0.3) is 22.2 Å². The summed E-state index contributed by atoms with van der Waals surface area (Å²) in [6.07, 6.45) is 1.93. The Morgan fingerprint density at radius 1 is 1.19 bits per heavy atom. The molecule has 0 saturated heterocycles. The molecule has 2 aromatic carbocycles. The van der Waals surface area contributed by atoms with Gasteiger partial charge in [0.25, 0.3) is 0 Å². The van der Waals surface area contributed by atoms with E-state index in [-0.39, 0.29) is 12.5 Å². The molecule has 130 valence electrons. The Morgan fingerprint density at radius 2 is 2.00 bits per heavy atom. The number of carbonyl (C=O) groups is 1. The molecule has 4 rings (SSSR count). The maximum absolute atomic E-state index is 12.5. The number of carbonyl (C=O) groups excluding carboxylic acids is 1. The second-order valence-corrected chi connectivity index (χ2v) is 8.10. The van der Waals surface area contributed by atoms with Crippen molar-refractivity contribution in [3.8, 4) is 11.3 Å². The first-order valence-electron chi connectivity index (χ1n) is 8.17. The number of nitrogens with zero attached hydrogens (tertiary/aromatic N) is 2. The highest BCUT2D eigenvalue weighted by molar-refractivity contribution is 9.10. The zero-order valence-electron chi connectivity index (χ0n) is 14.1. The fourth-order valence-electron chi connectivity index (χ4n) is 2.94. The van der Waals surface area contributed by atoms with Crippen LogP contribution in [-0.2, 0) is 11.3 Å². The van der Waals surface area contributed by atoms with Crippen molar-refractivity contribution >= 4 is 49.2 Å². The van der Waals surface area contributed by atoms with Crippen molar-refractivity contribution in [3.63, 3.8) is 0 Å². The van der Waals surface area contributed by atoms with Crippen molar-refractivity contribution in [2.24, 2.45) is 0 Å². The number of rotatable bonds is 4. The van der Waals surface area contributed by atoms with Gasteiger partial charge >= 0.3 is 0 Å². The highest BCUT2D eigenvalue weighted by Crippen LogP contribution is 2.30. The summed E-state index contributed by atoms with van der Waals surface area (Å²) in [4.78, 5) is 18.2. The first-order chi connectivity index (χ1) is 12.6. The van der Waals surface area contributed by atoms with E-state index in [1.165, 1.54) is 11.3 Å². The maximum atomic E-state index is 12.5. The Balaban J connectivity index is 1.51. The van der Waals surface area contributed by atoms with Gasteiger partial charge in [-0.25, -0.2) is 4.98 Å². The molecule has 0 radical (unpaired) electrons. The first kappa shape index (κ1) is 17.0. The second-order valence-electron chi connectivity index (χ2n) is 5.98. The minimum Gasteiger partial charge on any atom is -0.338 e. The molecule has 6 heteroatoms. The largest absolute Gasteiger partial charge is 0.338 e. The average Bonchev–Trinajstić information content (AvgIpc) is 3.18. The number of thiazole rings is 1. The number of amides is 1. The molecule has 0 aliphatic heterocycles. The van der Waals surface area contributed by atoms with E-state index in [2.05, 4.69) is 26.2 Å². The standard InChI is InChI=1S/C20H16BrN3OS/c1-13-19(14-5-3-2-4-6-14)23-20(26-13)22-18(25)12-24-10-9-15-11-16(21)7-8-17(15)24/h2-11H,12H2,1H3,(H,22,23,25). The topological polar surface area (TPSA) is 46.9 Å². The Hall–Kier alpha value is -2.44. The van der Waals surface area contributed by atoms with Gasteiger partial charge in [-0.2, -0.15) is 0 Å². The first-order valence-corrected chi connectivity index (χ1v) is 9.78. The highest BCUT2D eigenvalue weighted by atomic mass is 79.9. The van der Waals surface area contributed by atoms with Crippen molar-refractivity contribution < 1.29 is 4.79 Å². The van der Waals surface area contributed by atoms with Crippen LogP contribution in [0.5, 0.6) is 0 Å². The molecule has 2 aromatic heterocycles. The fourth-order valence-corrected chi connectivity index (χ4v) is 4.17. The van der Waals surface area contributed by atoms with Crippen LogP contribution in [0.2, 0.25) is 0 Å². The van der Waals surface area contributed by atoms with E-state index in [4.69, 9.17) is 0 Å². The van der Waals surface area contributed by atoms with Crippen LogP contribution < -0.4 is 5.32 Å². The number of anilines is 1. The second kappa shape index (κ2) is 7.05. The summed E-state index contributed by atoms with van der Waals surface area (Å²) in [5.41, 5.74) is 3.01. The highest BCUT2D eigenvalue weighted by Gasteiger charge is 2.13. The van der Waals surface area contributed by atoms with E-state index in [9.17, 15) is 4.79 Å². The van der Waals surface area contributed by atoms with Gasteiger partial charge in [-0.15, -0.1) is 11.3 Å². The molecule has 0 aliphatic rings. The molecule has 1 amide bonds. The van der Waals surface area contributed by atoms with E-state index >= 15 is 0 Å². The number of nitrogens with one attached hydrogen (secondary N) is 1. The molecule has 2 heterocycles. The number of fused-ring (bicyclic) bond motifs is 1. The Labute approximate surface area is 163 Å². The predicted octanol–water partition coefficient (Wildman–Crippen LogP) is 5.47. The molecular formula is C20H16BrN3OS. The lowest BCUT2D eigenvalue weighted by Gasteiger charge is -2.05. The van der Waals surface area contributed by atoms with Crippen LogP contribution in [0.4, 0.5) is 5.13 Å². The average molecular weight is 426 g/mol. The van der Waals surface area contributed by atoms with E-state index in [1.807, 2.05) is 72.3 Å². The lowest BCUT2D eigenvalue weighted by atomic mass is 10.1. The van der Waals surface area contributed by atoms with Crippen LogP contribution >= 0.6 is 27.3 Å². The van der Waals surface area contributed by atoms with Gasteiger partial charge in [0.05, 0.1) is 5.69 Å². The Kier molecular flexibility index (Phi) is 4.61. The van der Waals surface area contributed by atoms with Gasteiger partial charge in [-0.3, -0.25) is 4.79 Å². The molecule has 0 bridgehead atoms. The van der Waals surface area contributed by atoms with Crippen LogP contribution in [0.3, 0.4) is 0 Å². The molecule has 4 nitrogen and oxygen atoms in total. The Morgan fingerprint density at radius 3 is 2.81 bits per heavy atom. The van der Waals surface area contributed by atoms with Crippen LogP contribution in [0.15, 0.2) is 65.3 Å². The van der Waals surface area contributed by atoms with Gasteiger partial charge in [0, 0.05) is 32.0 Å². The van der Waals surface area contributed by atoms with Crippen molar-refractivity contribution in [3.05, 3.63) is 70.1 Å². The minimum atomic E-state index is -0.0845. The molecule has 0 atom stereocenters. The van der Waals surface area contributed by atoms with Crippen LogP contribution in [0, 0.1) is 6.92 Å². The number of benzene rings is 2. The van der Waals surface area contributed by atoms with Crippen molar-refractivity contribution in [2.75, 3.05) is 5.32 Å². The number of hydrogen-bond donors (Lipinski definition) is 1. The normalized spacial score (nSPS) is 11.0. The van der Waals surface area contributed by atoms with Gasteiger partial charge in [0.2, 0.25) is 5.91 Å². The summed E-state index contributed by atoms with van der Waals surface area (Å²) >= 11 is 4.97. The number of halogens is 1. The summed E-state index contributed by atoms with van der Waals surface area (Å²) in [7, 11) is 0. The lowest BCUT2D eigenvalue weighted by molar-refractivity contribution is -0.116. The van der Waals surface area contributed by atoms with Gasteiger partial charge in [-0.05, 0) is 31.2 Å². The third-order valence-electron chi connectivity index (χ3n) is 4.14. The molecule has 0 fully saturated rings. The Bertz CT molecular complexity index is 1090. The molecule has 0 unspecified atom stereocenters. The summed E-state index contributed by atoms with van der Waals surface area (Å²) in [5, 5.41) is 4.66. The van der Waals surface area contributed by atoms with Gasteiger partial charge in [-0.1, -0.05) is 46.3 Å². The molecule has 26 heavy (non-hydrogen) atoms. The summed E-state index contributed by atoms with van der Waals surface area (Å²) < 4.78 is 2.97. The van der Waals surface area contributed by atoms with Gasteiger partial charge in [0.1, 0.15) is 6.54 Å². The van der Waals surface area contributed by atoms with Crippen LogP contribution in [0.1, 0.15) is 4.88 Å². The van der Waals surface area contributed by atoms with Crippen molar-refractivity contribution in [1.29, 1.82) is 0 Å². The fraction of sp³-hybridized carbons (Fsp3) is 0.100. The predicted molar refractivity (Wildman–Crippen MR) is 111 cm³/mol. The van der Waals surface area contributed by atoms with E-state index in [0.717, 1.165) is 31.5 Å². The number of aromatic nitrogens is 2. The molecule has 0 aliphatic carbocycles. The minimum absolute atomic E-state index is 0.0845. The maximum Gasteiger partial charge on any atom is 0.246 e. The van der Waals surface area contributed by atoms with Gasteiger partial charge in [0.15, 0.2) is 5.13 Å². The molecule has 0 saturated carbocycles. The van der Waals surface area contributed by atoms with Crippen molar-refractivity contribution in [1.82, 2.24) is 9.55 Å².